The average Bonchev–Trinajstić information content (AvgIpc) is 2.78. The molecule has 1 atom stereocenters. The molecular formula is C27H33FN2O5Si. The summed E-state index contributed by atoms with van der Waals surface area (Å²) in [4.78, 5) is 39.6. The van der Waals surface area contributed by atoms with E-state index in [0.29, 0.717) is 48.0 Å². The summed E-state index contributed by atoms with van der Waals surface area (Å²) in [5.74, 6) is -1.39. The number of aliphatic carboxylic acids is 1. The van der Waals surface area contributed by atoms with Gasteiger partial charge in [0.2, 0.25) is 5.91 Å². The first-order chi connectivity index (χ1) is 17.0. The van der Waals surface area contributed by atoms with E-state index in [9.17, 15) is 18.8 Å². The molecule has 1 aliphatic carbocycles. The quantitative estimate of drug-likeness (QED) is 0.548. The van der Waals surface area contributed by atoms with E-state index in [1.54, 1.807) is 36.3 Å². The Morgan fingerprint density at radius 3 is 2.47 bits per heavy atom. The number of carboxylic acid groups (broad SMARTS) is 1. The second-order valence-corrected chi connectivity index (χ2v) is 15.9. The minimum absolute atomic E-state index is 0.0158. The van der Waals surface area contributed by atoms with E-state index in [0.717, 1.165) is 5.56 Å². The second kappa shape index (κ2) is 10.0. The maximum atomic E-state index is 14.8. The fraction of sp³-hybridized carbons (Fsp3) is 0.444. The van der Waals surface area contributed by atoms with Crippen molar-refractivity contribution in [2.45, 2.75) is 51.4 Å². The summed E-state index contributed by atoms with van der Waals surface area (Å²) in [5.41, 5.74) is 1.99. The number of rotatable bonds is 7. The number of carbonyl (C=O) groups is 3. The highest BCUT2D eigenvalue weighted by Crippen LogP contribution is 2.41. The summed E-state index contributed by atoms with van der Waals surface area (Å²) in [5, 5.41) is 12.5. The molecule has 1 heterocycles. The number of carboxylic acids is 1. The van der Waals surface area contributed by atoms with E-state index in [4.69, 9.17) is 9.84 Å². The Balaban J connectivity index is 1.60. The van der Waals surface area contributed by atoms with Crippen molar-refractivity contribution < 1.29 is 28.6 Å². The summed E-state index contributed by atoms with van der Waals surface area (Å²) in [6.07, 6.45) is 1.64. The standard InChI is InChI=1S/C27H33FN2O5Si/c1-35-20-6-7-21-17(14-20)9-10-30(27(34)18-11-16(12-18)13-24(31)32)25(21)26(33)29-19-5-8-23(22(28)15-19)36(2,3)4/h5-8,14-16,18,25H,9-13H2,1-4H3,(H,29,33)(H,31,32). The number of amides is 2. The van der Waals surface area contributed by atoms with E-state index in [1.807, 2.05) is 6.07 Å². The van der Waals surface area contributed by atoms with E-state index < -0.39 is 26.0 Å². The van der Waals surface area contributed by atoms with Gasteiger partial charge in [0.05, 0.1) is 15.2 Å². The van der Waals surface area contributed by atoms with Crippen molar-refractivity contribution in [1.82, 2.24) is 4.90 Å². The summed E-state index contributed by atoms with van der Waals surface area (Å²) < 4.78 is 20.2. The van der Waals surface area contributed by atoms with Crippen LogP contribution in [0.5, 0.6) is 5.75 Å². The summed E-state index contributed by atoms with van der Waals surface area (Å²) in [7, 11) is -0.294. The third-order valence-corrected chi connectivity index (χ3v) is 9.22. The van der Waals surface area contributed by atoms with Gasteiger partial charge in [0.1, 0.15) is 17.6 Å². The number of hydrogen-bond acceptors (Lipinski definition) is 4. The molecule has 192 valence electrons. The molecule has 0 aromatic heterocycles. The monoisotopic (exact) mass is 512 g/mol. The number of hydrogen-bond donors (Lipinski definition) is 2. The van der Waals surface area contributed by atoms with Crippen molar-refractivity contribution in [1.29, 1.82) is 0 Å². The molecule has 2 amide bonds. The van der Waals surface area contributed by atoms with Crippen LogP contribution in [0.4, 0.5) is 10.1 Å². The van der Waals surface area contributed by atoms with Crippen LogP contribution >= 0.6 is 0 Å². The van der Waals surface area contributed by atoms with Gasteiger partial charge < -0.3 is 20.1 Å². The van der Waals surface area contributed by atoms with E-state index in [-0.39, 0.29) is 30.0 Å². The number of halogens is 1. The Morgan fingerprint density at radius 2 is 1.86 bits per heavy atom. The first-order valence-corrected chi connectivity index (χ1v) is 15.8. The first-order valence-electron chi connectivity index (χ1n) is 12.3. The molecule has 2 N–H and O–H groups in total. The lowest BCUT2D eigenvalue weighted by molar-refractivity contribution is -0.149. The molecule has 4 rings (SSSR count). The van der Waals surface area contributed by atoms with Crippen LogP contribution < -0.4 is 15.2 Å². The lowest BCUT2D eigenvalue weighted by Gasteiger charge is -2.42. The van der Waals surface area contributed by atoms with Gasteiger partial charge in [-0.05, 0) is 65.8 Å². The number of ether oxygens (including phenoxy) is 1. The number of methoxy groups -OCH3 is 1. The highest BCUT2D eigenvalue weighted by molar-refractivity contribution is 6.88. The molecular weight excluding hydrogens is 479 g/mol. The largest absolute Gasteiger partial charge is 0.497 e. The molecule has 0 radical (unpaired) electrons. The van der Waals surface area contributed by atoms with E-state index in [2.05, 4.69) is 25.0 Å². The second-order valence-electron chi connectivity index (χ2n) is 10.8. The zero-order chi connectivity index (χ0) is 26.2. The Kier molecular flexibility index (Phi) is 7.22. The molecule has 0 spiro atoms. The van der Waals surface area contributed by atoms with Crippen LogP contribution in [-0.4, -0.2) is 49.5 Å². The fourth-order valence-electron chi connectivity index (χ4n) is 5.25. The number of nitrogens with zero attached hydrogens (tertiary/aromatic N) is 1. The molecule has 2 aromatic carbocycles. The van der Waals surface area contributed by atoms with Crippen molar-refractivity contribution in [2.24, 2.45) is 11.8 Å². The molecule has 7 nitrogen and oxygen atoms in total. The van der Waals surface area contributed by atoms with Crippen molar-refractivity contribution >= 4 is 36.7 Å². The van der Waals surface area contributed by atoms with Gasteiger partial charge >= 0.3 is 5.97 Å². The van der Waals surface area contributed by atoms with E-state index in [1.165, 1.54) is 6.07 Å². The van der Waals surface area contributed by atoms with Crippen LogP contribution in [-0.2, 0) is 20.8 Å². The molecule has 2 aliphatic rings. The maximum absolute atomic E-state index is 14.8. The predicted octanol–water partition coefficient (Wildman–Crippen LogP) is 3.94. The van der Waals surface area contributed by atoms with Gasteiger partial charge in [0.15, 0.2) is 0 Å². The van der Waals surface area contributed by atoms with Crippen LogP contribution in [0, 0.1) is 17.7 Å². The van der Waals surface area contributed by atoms with Crippen LogP contribution in [0.1, 0.15) is 36.4 Å². The van der Waals surface area contributed by atoms with Gasteiger partial charge in [-0.3, -0.25) is 14.4 Å². The van der Waals surface area contributed by atoms with Crippen LogP contribution in [0.25, 0.3) is 0 Å². The van der Waals surface area contributed by atoms with Crippen LogP contribution in [0.3, 0.4) is 0 Å². The highest BCUT2D eigenvalue weighted by atomic mass is 28.3. The lowest BCUT2D eigenvalue weighted by atomic mass is 9.72. The zero-order valence-electron chi connectivity index (χ0n) is 21.1. The number of carbonyl (C=O) groups excluding carboxylic acids is 2. The minimum Gasteiger partial charge on any atom is -0.497 e. The third-order valence-electron chi connectivity index (χ3n) is 7.20. The molecule has 9 heteroatoms. The zero-order valence-corrected chi connectivity index (χ0v) is 22.1. The van der Waals surface area contributed by atoms with Gasteiger partial charge in [-0.1, -0.05) is 31.8 Å². The molecule has 0 saturated heterocycles. The Hall–Kier alpha value is -3.20. The topological polar surface area (TPSA) is 95.9 Å². The van der Waals surface area contributed by atoms with Crippen LogP contribution in [0.2, 0.25) is 19.6 Å². The number of benzene rings is 2. The van der Waals surface area contributed by atoms with Gasteiger partial charge in [-0.25, -0.2) is 4.39 Å². The predicted molar refractivity (Wildman–Crippen MR) is 138 cm³/mol. The fourth-order valence-corrected chi connectivity index (χ4v) is 6.62. The number of nitrogens with one attached hydrogen (secondary N) is 1. The molecule has 36 heavy (non-hydrogen) atoms. The maximum Gasteiger partial charge on any atom is 0.303 e. The summed E-state index contributed by atoms with van der Waals surface area (Å²) in [6.45, 7) is 6.53. The van der Waals surface area contributed by atoms with Crippen molar-refractivity contribution in [3.05, 3.63) is 53.3 Å². The lowest BCUT2D eigenvalue weighted by Crippen LogP contribution is -2.50. The Morgan fingerprint density at radius 1 is 1.14 bits per heavy atom. The summed E-state index contributed by atoms with van der Waals surface area (Å²) >= 11 is 0. The molecule has 0 bridgehead atoms. The van der Waals surface area contributed by atoms with Crippen molar-refractivity contribution in [2.75, 3.05) is 19.0 Å². The van der Waals surface area contributed by atoms with Gasteiger partial charge in [0.25, 0.3) is 5.91 Å². The summed E-state index contributed by atoms with van der Waals surface area (Å²) in [6, 6.07) is 9.37. The smallest absolute Gasteiger partial charge is 0.303 e. The average molecular weight is 513 g/mol. The Labute approximate surface area is 211 Å². The molecule has 1 aliphatic heterocycles. The normalized spacial score (nSPS) is 21.2. The molecule has 1 fully saturated rings. The van der Waals surface area contributed by atoms with Gasteiger partial charge in [0, 0.05) is 24.6 Å². The highest BCUT2D eigenvalue weighted by Gasteiger charge is 2.43. The van der Waals surface area contributed by atoms with Crippen molar-refractivity contribution in [3.63, 3.8) is 0 Å². The number of fused-ring (bicyclic) bond motifs is 1. The van der Waals surface area contributed by atoms with Crippen molar-refractivity contribution in [3.8, 4) is 5.75 Å². The van der Waals surface area contributed by atoms with Gasteiger partial charge in [-0.2, -0.15) is 0 Å². The minimum atomic E-state index is -1.87. The third kappa shape index (κ3) is 5.30. The molecule has 1 saturated carbocycles. The first kappa shape index (κ1) is 25.9. The van der Waals surface area contributed by atoms with Crippen LogP contribution in [0.15, 0.2) is 36.4 Å². The number of anilines is 1. The van der Waals surface area contributed by atoms with Gasteiger partial charge in [-0.15, -0.1) is 0 Å². The molecule has 1 unspecified atom stereocenters. The van der Waals surface area contributed by atoms with E-state index >= 15 is 0 Å². The Bertz CT molecular complexity index is 1190. The molecule has 2 aromatic rings. The SMILES string of the molecule is COc1ccc2c(c1)CCN(C(=O)C1CC(CC(=O)O)C1)C2C(=O)Nc1ccc([Si](C)(C)C)c(F)c1.